The van der Waals surface area contributed by atoms with Crippen molar-refractivity contribution in [3.8, 4) is 0 Å². The summed E-state index contributed by atoms with van der Waals surface area (Å²) in [6, 6.07) is 9.43. The molecule has 0 saturated carbocycles. The van der Waals surface area contributed by atoms with Crippen LogP contribution in [0.4, 0.5) is 5.69 Å². The van der Waals surface area contributed by atoms with Crippen LogP contribution in [0.25, 0.3) is 11.0 Å². The second-order valence-corrected chi connectivity index (χ2v) is 5.86. The van der Waals surface area contributed by atoms with Gasteiger partial charge in [0.05, 0.1) is 5.39 Å². The molecule has 3 rings (SSSR count). The number of benzene rings is 1. The quantitative estimate of drug-likeness (QED) is 0.774. The summed E-state index contributed by atoms with van der Waals surface area (Å²) in [5, 5.41) is 3.31. The Labute approximate surface area is 139 Å². The predicted octanol–water partition coefficient (Wildman–Crippen LogP) is 2.54. The average Bonchev–Trinajstić information content (AvgIpc) is 2.92. The molecule has 2 N–H and O–H groups in total. The molecule has 0 bridgehead atoms. The standard InChI is InChI=1S/C18H20N4O2/c1-4-13-5-7-14(8-6-13)21-16(23)10-22-12(3)20-17-15(18(22)24)9-11(2)19-17/h5-9,19H,4,10H2,1-3H3,(H,21,23). The predicted molar refractivity (Wildman–Crippen MR) is 94.3 cm³/mol. The molecule has 0 atom stereocenters. The molecule has 3 aromatic rings. The van der Waals surface area contributed by atoms with Crippen LogP contribution in [0.2, 0.25) is 0 Å². The molecule has 0 spiro atoms. The number of nitrogens with one attached hydrogen (secondary N) is 2. The first-order chi connectivity index (χ1) is 11.5. The number of amides is 1. The molecular weight excluding hydrogens is 304 g/mol. The van der Waals surface area contributed by atoms with Crippen LogP contribution in [-0.2, 0) is 17.8 Å². The summed E-state index contributed by atoms with van der Waals surface area (Å²) in [5.74, 6) is 0.253. The number of anilines is 1. The summed E-state index contributed by atoms with van der Waals surface area (Å²) >= 11 is 0. The van der Waals surface area contributed by atoms with E-state index in [-0.39, 0.29) is 18.0 Å². The Hall–Kier alpha value is -2.89. The summed E-state index contributed by atoms with van der Waals surface area (Å²) in [7, 11) is 0. The number of rotatable bonds is 4. The lowest BCUT2D eigenvalue weighted by Crippen LogP contribution is -2.30. The highest BCUT2D eigenvalue weighted by Gasteiger charge is 2.13. The maximum Gasteiger partial charge on any atom is 0.263 e. The fourth-order valence-electron chi connectivity index (χ4n) is 2.69. The van der Waals surface area contributed by atoms with Gasteiger partial charge in [-0.05, 0) is 44.0 Å². The van der Waals surface area contributed by atoms with Gasteiger partial charge < -0.3 is 10.3 Å². The van der Waals surface area contributed by atoms with E-state index >= 15 is 0 Å². The van der Waals surface area contributed by atoms with E-state index in [1.165, 1.54) is 10.1 Å². The minimum Gasteiger partial charge on any atom is -0.343 e. The highest BCUT2D eigenvalue weighted by atomic mass is 16.2. The molecule has 1 aromatic carbocycles. The molecule has 124 valence electrons. The number of carbonyl (C=O) groups is 1. The summed E-state index contributed by atoms with van der Waals surface area (Å²) in [4.78, 5) is 32.2. The zero-order valence-electron chi connectivity index (χ0n) is 14.0. The summed E-state index contributed by atoms with van der Waals surface area (Å²) in [6.07, 6.45) is 0.949. The molecule has 24 heavy (non-hydrogen) atoms. The van der Waals surface area contributed by atoms with Crippen LogP contribution in [0.3, 0.4) is 0 Å². The smallest absolute Gasteiger partial charge is 0.263 e. The van der Waals surface area contributed by atoms with Crippen LogP contribution in [0.1, 0.15) is 24.0 Å². The number of fused-ring (bicyclic) bond motifs is 1. The van der Waals surface area contributed by atoms with Crippen molar-refractivity contribution in [2.24, 2.45) is 0 Å². The first-order valence-electron chi connectivity index (χ1n) is 7.93. The number of H-pyrrole nitrogens is 1. The van der Waals surface area contributed by atoms with Crippen molar-refractivity contribution in [1.82, 2.24) is 14.5 Å². The van der Waals surface area contributed by atoms with Gasteiger partial charge >= 0.3 is 0 Å². The molecular formula is C18H20N4O2. The van der Waals surface area contributed by atoms with E-state index in [1.807, 2.05) is 31.2 Å². The second kappa shape index (κ2) is 6.31. The third-order valence-electron chi connectivity index (χ3n) is 4.02. The summed E-state index contributed by atoms with van der Waals surface area (Å²) in [6.45, 7) is 5.61. The molecule has 0 aliphatic heterocycles. The number of aromatic nitrogens is 3. The highest BCUT2D eigenvalue weighted by molar-refractivity contribution is 5.90. The second-order valence-electron chi connectivity index (χ2n) is 5.86. The van der Waals surface area contributed by atoms with Crippen molar-refractivity contribution in [3.63, 3.8) is 0 Å². The van der Waals surface area contributed by atoms with Crippen molar-refractivity contribution >= 4 is 22.6 Å². The molecule has 0 fully saturated rings. The number of hydrogen-bond acceptors (Lipinski definition) is 3. The molecule has 2 heterocycles. The van der Waals surface area contributed by atoms with E-state index in [9.17, 15) is 9.59 Å². The zero-order chi connectivity index (χ0) is 17.3. The average molecular weight is 324 g/mol. The fraction of sp³-hybridized carbons (Fsp3) is 0.278. The lowest BCUT2D eigenvalue weighted by atomic mass is 10.1. The number of carbonyl (C=O) groups excluding carboxylic acids is 1. The Morgan fingerprint density at radius 2 is 1.96 bits per heavy atom. The minimum absolute atomic E-state index is 0.0621. The van der Waals surface area contributed by atoms with Gasteiger partial charge in [0.2, 0.25) is 5.91 Å². The van der Waals surface area contributed by atoms with Gasteiger partial charge in [-0.1, -0.05) is 19.1 Å². The van der Waals surface area contributed by atoms with Gasteiger partial charge in [-0.25, -0.2) is 4.98 Å². The largest absolute Gasteiger partial charge is 0.343 e. The summed E-state index contributed by atoms with van der Waals surface area (Å²) < 4.78 is 1.39. The third kappa shape index (κ3) is 3.08. The van der Waals surface area contributed by atoms with Crippen LogP contribution in [0, 0.1) is 13.8 Å². The van der Waals surface area contributed by atoms with Gasteiger partial charge in [0.1, 0.15) is 18.0 Å². The highest BCUT2D eigenvalue weighted by Crippen LogP contribution is 2.11. The number of aromatic amines is 1. The molecule has 0 saturated heterocycles. The van der Waals surface area contributed by atoms with E-state index in [2.05, 4.69) is 22.2 Å². The third-order valence-corrected chi connectivity index (χ3v) is 4.02. The van der Waals surface area contributed by atoms with Gasteiger partial charge in [0.15, 0.2) is 0 Å². The zero-order valence-corrected chi connectivity index (χ0v) is 14.0. The SMILES string of the molecule is CCc1ccc(NC(=O)Cn2c(C)nc3[nH]c(C)cc3c2=O)cc1. The maximum atomic E-state index is 12.6. The molecule has 0 unspecified atom stereocenters. The first-order valence-corrected chi connectivity index (χ1v) is 7.93. The Bertz CT molecular complexity index is 952. The van der Waals surface area contributed by atoms with E-state index in [0.29, 0.717) is 16.9 Å². The van der Waals surface area contributed by atoms with Crippen molar-refractivity contribution < 1.29 is 4.79 Å². The van der Waals surface area contributed by atoms with Gasteiger partial charge in [-0.2, -0.15) is 0 Å². The van der Waals surface area contributed by atoms with Crippen molar-refractivity contribution in [2.75, 3.05) is 5.32 Å². The number of hydrogen-bond donors (Lipinski definition) is 2. The molecule has 1 amide bonds. The summed E-state index contributed by atoms with van der Waals surface area (Å²) in [5.41, 5.74) is 3.14. The van der Waals surface area contributed by atoms with Gasteiger partial charge in [0.25, 0.3) is 5.56 Å². The molecule has 0 radical (unpaired) electrons. The minimum atomic E-state index is -0.252. The number of aryl methyl sites for hydroxylation is 3. The fourth-order valence-corrected chi connectivity index (χ4v) is 2.69. The molecule has 6 heteroatoms. The number of nitrogens with zero attached hydrogens (tertiary/aromatic N) is 2. The van der Waals surface area contributed by atoms with Crippen LogP contribution in [0.5, 0.6) is 0 Å². The molecule has 0 aliphatic rings. The van der Waals surface area contributed by atoms with Crippen molar-refractivity contribution in [3.05, 3.63) is 57.8 Å². The van der Waals surface area contributed by atoms with Crippen LogP contribution >= 0.6 is 0 Å². The topological polar surface area (TPSA) is 79.8 Å². The molecule has 2 aromatic heterocycles. The maximum absolute atomic E-state index is 12.6. The Morgan fingerprint density at radius 3 is 2.62 bits per heavy atom. The Morgan fingerprint density at radius 1 is 1.25 bits per heavy atom. The Balaban J connectivity index is 1.83. The van der Waals surface area contributed by atoms with Gasteiger partial charge in [-0.3, -0.25) is 14.2 Å². The lowest BCUT2D eigenvalue weighted by Gasteiger charge is -2.10. The van der Waals surface area contributed by atoms with E-state index in [0.717, 1.165) is 17.8 Å². The van der Waals surface area contributed by atoms with Crippen molar-refractivity contribution in [1.29, 1.82) is 0 Å². The van der Waals surface area contributed by atoms with E-state index < -0.39 is 0 Å². The van der Waals surface area contributed by atoms with Crippen LogP contribution in [0.15, 0.2) is 35.1 Å². The first kappa shape index (κ1) is 16.0. The van der Waals surface area contributed by atoms with E-state index in [1.54, 1.807) is 13.0 Å². The monoisotopic (exact) mass is 324 g/mol. The molecule has 6 nitrogen and oxygen atoms in total. The van der Waals surface area contributed by atoms with E-state index in [4.69, 9.17) is 0 Å². The van der Waals surface area contributed by atoms with Crippen molar-refractivity contribution in [2.45, 2.75) is 33.7 Å². The van der Waals surface area contributed by atoms with Crippen LogP contribution < -0.4 is 10.9 Å². The van der Waals surface area contributed by atoms with Crippen LogP contribution in [-0.4, -0.2) is 20.4 Å². The van der Waals surface area contributed by atoms with Gasteiger partial charge in [0, 0.05) is 11.4 Å². The normalized spacial score (nSPS) is 11.0. The molecule has 0 aliphatic carbocycles. The Kier molecular flexibility index (Phi) is 4.20. The van der Waals surface area contributed by atoms with Gasteiger partial charge in [-0.15, -0.1) is 0 Å². The lowest BCUT2D eigenvalue weighted by molar-refractivity contribution is -0.116.